The van der Waals surface area contributed by atoms with Crippen molar-refractivity contribution < 1.29 is 9.50 Å². The molecule has 1 saturated carbocycles. The smallest absolute Gasteiger partial charge is 0.123 e. The summed E-state index contributed by atoms with van der Waals surface area (Å²) in [6.45, 7) is 2.24. The van der Waals surface area contributed by atoms with Crippen LogP contribution < -0.4 is 0 Å². The molecule has 1 aromatic rings. The Morgan fingerprint density at radius 3 is 2.80 bits per heavy atom. The summed E-state index contributed by atoms with van der Waals surface area (Å²) in [4.78, 5) is 0. The summed E-state index contributed by atoms with van der Waals surface area (Å²) in [5.41, 5.74) is 1.15. The van der Waals surface area contributed by atoms with E-state index in [-0.39, 0.29) is 5.82 Å². The van der Waals surface area contributed by atoms with Crippen LogP contribution in [0.15, 0.2) is 24.3 Å². The molecule has 1 fully saturated rings. The highest BCUT2D eigenvalue weighted by Gasteiger charge is 2.36. The Bertz CT molecular complexity index is 344. The van der Waals surface area contributed by atoms with E-state index in [1.807, 2.05) is 0 Å². The molecule has 0 aliphatic heterocycles. The fourth-order valence-electron chi connectivity index (χ4n) is 1.83. The number of benzene rings is 1. The van der Waals surface area contributed by atoms with Crippen LogP contribution in [0.3, 0.4) is 0 Å². The molecule has 0 aromatic heterocycles. The van der Waals surface area contributed by atoms with Gasteiger partial charge >= 0.3 is 0 Å². The van der Waals surface area contributed by atoms with Crippen molar-refractivity contribution >= 4 is 0 Å². The molecule has 0 spiro atoms. The summed E-state index contributed by atoms with van der Waals surface area (Å²) < 4.78 is 12.9. The van der Waals surface area contributed by atoms with Gasteiger partial charge in [-0.05, 0) is 48.8 Å². The molecule has 1 nitrogen and oxygen atoms in total. The van der Waals surface area contributed by atoms with Crippen LogP contribution in [0.4, 0.5) is 4.39 Å². The van der Waals surface area contributed by atoms with Gasteiger partial charge in [-0.25, -0.2) is 4.39 Å². The molecule has 1 N–H and O–H groups in total. The van der Waals surface area contributed by atoms with Crippen LogP contribution in [0.5, 0.6) is 0 Å². The van der Waals surface area contributed by atoms with Gasteiger partial charge in [-0.15, -0.1) is 0 Å². The average molecular weight is 208 g/mol. The van der Waals surface area contributed by atoms with Crippen LogP contribution in [-0.2, 0) is 0 Å². The minimum atomic E-state index is -0.516. The molecule has 2 rings (SSSR count). The van der Waals surface area contributed by atoms with Crippen molar-refractivity contribution in [3.63, 3.8) is 0 Å². The summed E-state index contributed by atoms with van der Waals surface area (Å²) in [6.07, 6.45) is 3.79. The molecule has 0 saturated heterocycles. The van der Waals surface area contributed by atoms with Gasteiger partial charge in [0.25, 0.3) is 0 Å². The monoisotopic (exact) mass is 208 g/mol. The van der Waals surface area contributed by atoms with Crippen LogP contribution >= 0.6 is 0 Å². The minimum Gasteiger partial charge on any atom is -0.388 e. The number of rotatable bonds is 4. The zero-order valence-electron chi connectivity index (χ0n) is 9.04. The Morgan fingerprint density at radius 2 is 2.20 bits per heavy atom. The van der Waals surface area contributed by atoms with E-state index in [0.717, 1.165) is 12.8 Å². The normalized spacial score (nSPS) is 19.9. The van der Waals surface area contributed by atoms with Crippen molar-refractivity contribution in [1.82, 2.24) is 0 Å². The lowest BCUT2D eigenvalue weighted by atomic mass is 9.97. The Kier molecular flexibility index (Phi) is 2.79. The number of hydrogen-bond donors (Lipinski definition) is 1. The molecule has 0 heterocycles. The topological polar surface area (TPSA) is 20.2 Å². The lowest BCUT2D eigenvalue weighted by Gasteiger charge is -2.13. The summed E-state index contributed by atoms with van der Waals surface area (Å²) >= 11 is 0. The number of hydrogen-bond acceptors (Lipinski definition) is 1. The molecular weight excluding hydrogens is 191 g/mol. The van der Waals surface area contributed by atoms with E-state index in [9.17, 15) is 9.50 Å². The molecule has 82 valence electrons. The van der Waals surface area contributed by atoms with Gasteiger partial charge in [0.15, 0.2) is 0 Å². The van der Waals surface area contributed by atoms with E-state index in [0.29, 0.717) is 11.0 Å². The van der Waals surface area contributed by atoms with E-state index < -0.39 is 6.10 Å². The maximum absolute atomic E-state index is 12.9. The van der Waals surface area contributed by atoms with E-state index in [1.54, 1.807) is 12.1 Å². The first kappa shape index (κ1) is 10.6. The highest BCUT2D eigenvalue weighted by Crippen LogP contribution is 2.49. The first-order valence-electron chi connectivity index (χ1n) is 5.53. The van der Waals surface area contributed by atoms with Crippen molar-refractivity contribution in [2.24, 2.45) is 5.41 Å². The Labute approximate surface area is 89.9 Å². The third-order valence-corrected chi connectivity index (χ3v) is 3.36. The Morgan fingerprint density at radius 1 is 1.47 bits per heavy atom. The van der Waals surface area contributed by atoms with Gasteiger partial charge in [0.2, 0.25) is 0 Å². The van der Waals surface area contributed by atoms with Crippen LogP contribution in [0.1, 0.15) is 44.3 Å². The fourth-order valence-corrected chi connectivity index (χ4v) is 1.83. The number of aliphatic hydroxyl groups excluding tert-OH is 1. The van der Waals surface area contributed by atoms with Gasteiger partial charge in [-0.3, -0.25) is 0 Å². The molecule has 1 aliphatic rings. The second-order valence-electron chi connectivity index (χ2n) is 4.92. The van der Waals surface area contributed by atoms with Crippen molar-refractivity contribution in [3.8, 4) is 0 Å². The van der Waals surface area contributed by atoms with E-state index in [4.69, 9.17) is 0 Å². The summed E-state index contributed by atoms with van der Waals surface area (Å²) in [6, 6.07) is 6.24. The second-order valence-corrected chi connectivity index (χ2v) is 4.92. The van der Waals surface area contributed by atoms with Gasteiger partial charge in [-0.2, -0.15) is 0 Å². The molecule has 2 heteroatoms. The first-order valence-corrected chi connectivity index (χ1v) is 5.53. The quantitative estimate of drug-likeness (QED) is 0.803. The van der Waals surface area contributed by atoms with Gasteiger partial charge in [-0.1, -0.05) is 19.1 Å². The molecule has 15 heavy (non-hydrogen) atoms. The maximum Gasteiger partial charge on any atom is 0.123 e. The molecule has 1 atom stereocenters. The van der Waals surface area contributed by atoms with E-state index in [1.165, 1.54) is 25.0 Å². The van der Waals surface area contributed by atoms with Gasteiger partial charge in [0.05, 0.1) is 6.10 Å². The largest absolute Gasteiger partial charge is 0.388 e. The molecule has 1 aromatic carbocycles. The van der Waals surface area contributed by atoms with Gasteiger partial charge < -0.3 is 5.11 Å². The zero-order valence-corrected chi connectivity index (χ0v) is 9.04. The standard InChI is InChI=1S/C13H17FO/c1-13(7-8-13)6-5-12(15)10-3-2-4-11(14)9-10/h2-4,9,12,15H,5-8H2,1H3/t12-/m0/s1. The van der Waals surface area contributed by atoms with Gasteiger partial charge in [0.1, 0.15) is 5.82 Å². The maximum atomic E-state index is 12.9. The Balaban J connectivity index is 1.92. The third-order valence-electron chi connectivity index (χ3n) is 3.36. The van der Waals surface area contributed by atoms with Crippen molar-refractivity contribution in [2.75, 3.05) is 0 Å². The van der Waals surface area contributed by atoms with Crippen LogP contribution in [0.25, 0.3) is 0 Å². The first-order chi connectivity index (χ1) is 7.09. The highest BCUT2D eigenvalue weighted by atomic mass is 19.1. The van der Waals surface area contributed by atoms with Crippen LogP contribution in [0, 0.1) is 11.2 Å². The molecular formula is C13H17FO. The predicted molar refractivity (Wildman–Crippen MR) is 57.9 cm³/mol. The highest BCUT2D eigenvalue weighted by molar-refractivity contribution is 5.18. The number of aliphatic hydroxyl groups is 1. The third kappa shape index (κ3) is 2.78. The van der Waals surface area contributed by atoms with E-state index >= 15 is 0 Å². The Hall–Kier alpha value is -0.890. The molecule has 0 amide bonds. The SMILES string of the molecule is CC1(CC[C@H](O)c2cccc(F)c2)CC1. The zero-order chi connectivity index (χ0) is 10.9. The minimum absolute atomic E-state index is 0.274. The van der Waals surface area contributed by atoms with Crippen molar-refractivity contribution in [3.05, 3.63) is 35.6 Å². The van der Waals surface area contributed by atoms with Crippen LogP contribution in [0.2, 0.25) is 0 Å². The number of halogens is 1. The lowest BCUT2D eigenvalue weighted by Crippen LogP contribution is -2.02. The lowest BCUT2D eigenvalue weighted by molar-refractivity contribution is 0.155. The van der Waals surface area contributed by atoms with Gasteiger partial charge in [0, 0.05) is 0 Å². The van der Waals surface area contributed by atoms with E-state index in [2.05, 4.69) is 6.92 Å². The van der Waals surface area contributed by atoms with Crippen molar-refractivity contribution in [2.45, 2.75) is 38.7 Å². The average Bonchev–Trinajstić information content (AvgIpc) is 2.94. The fraction of sp³-hybridized carbons (Fsp3) is 0.538. The summed E-state index contributed by atoms with van der Waals surface area (Å²) in [5, 5.41) is 9.87. The molecule has 0 bridgehead atoms. The summed E-state index contributed by atoms with van der Waals surface area (Å²) in [7, 11) is 0. The molecule has 0 unspecified atom stereocenters. The summed E-state index contributed by atoms with van der Waals surface area (Å²) in [5.74, 6) is -0.274. The predicted octanol–water partition coefficient (Wildman–Crippen LogP) is 3.44. The second kappa shape index (κ2) is 3.93. The van der Waals surface area contributed by atoms with Crippen LogP contribution in [-0.4, -0.2) is 5.11 Å². The van der Waals surface area contributed by atoms with Crippen molar-refractivity contribution in [1.29, 1.82) is 0 Å². The molecule has 0 radical (unpaired) electrons. The molecule has 1 aliphatic carbocycles.